The van der Waals surface area contributed by atoms with E-state index in [4.69, 9.17) is 39.2 Å². The van der Waals surface area contributed by atoms with Crippen LogP contribution in [0.2, 0.25) is 19.1 Å². The van der Waals surface area contributed by atoms with Crippen LogP contribution in [0.5, 0.6) is 0 Å². The van der Waals surface area contributed by atoms with Crippen molar-refractivity contribution < 1.29 is 3.48 Å². The van der Waals surface area contributed by atoms with Crippen molar-refractivity contribution in [2.75, 3.05) is 6.54 Å². The molecule has 0 unspecified atom stereocenters. The monoisotopic (exact) mass is 1100 g/mol. The highest BCUT2D eigenvalue weighted by Crippen LogP contribution is 2.48. The molecule has 4 aliphatic rings. The van der Waals surface area contributed by atoms with E-state index >= 15 is 0 Å². The molecule has 16 heteroatoms. The molecule has 0 saturated heterocycles. The SMILES string of the molecule is C[Si](C)(CCCN)[O][Al]1[n]2c3c4cccc(Sc5ccccc5)c4c2N=C2N=C(N=c4c5cccc(Sc6ccccc6)c5c([n]41)=NC1=NC(=N3)c3c(Sc4ccccc4)cccc31)c1c(Sc3ccccc3)cccc12. The van der Waals surface area contributed by atoms with Crippen LogP contribution in [0.3, 0.4) is 0 Å². The summed E-state index contributed by atoms with van der Waals surface area (Å²) in [4.78, 5) is 43.1. The van der Waals surface area contributed by atoms with Gasteiger partial charge in [0.1, 0.15) is 22.6 Å². The van der Waals surface area contributed by atoms with Crippen LogP contribution in [-0.4, -0.2) is 60.2 Å². The second-order valence-electron chi connectivity index (χ2n) is 19.5. The molecule has 0 atom stereocenters. The molecule has 0 aliphatic carbocycles. The molecule has 2 N–H and O–H groups in total. The molecular formula is C61H46AlN9OS4Si. The molecule has 0 amide bonds. The summed E-state index contributed by atoms with van der Waals surface area (Å²) in [5.41, 5.74) is 11.4. The van der Waals surface area contributed by atoms with Gasteiger partial charge in [0, 0.05) is 83.0 Å². The average Bonchev–Trinajstić information content (AvgIpc) is 4.18. The van der Waals surface area contributed by atoms with E-state index in [1.54, 1.807) is 47.0 Å². The van der Waals surface area contributed by atoms with Crippen molar-refractivity contribution in [3.05, 3.63) is 227 Å². The topological polar surface area (TPSA) is 119 Å². The summed E-state index contributed by atoms with van der Waals surface area (Å²) in [6, 6.07) is 68.8. The molecule has 0 saturated carbocycles. The fourth-order valence-electron chi connectivity index (χ4n) is 10.4. The Morgan fingerprint density at radius 1 is 0.429 bits per heavy atom. The van der Waals surface area contributed by atoms with Crippen molar-refractivity contribution in [2.24, 2.45) is 35.7 Å². The van der Waals surface area contributed by atoms with Crippen LogP contribution in [0.15, 0.2) is 263 Å². The molecule has 0 spiro atoms. The predicted molar refractivity (Wildman–Crippen MR) is 320 cm³/mol. The number of benzene rings is 8. The zero-order chi connectivity index (χ0) is 51.6. The van der Waals surface area contributed by atoms with Crippen molar-refractivity contribution in [2.45, 2.75) is 64.7 Å². The third kappa shape index (κ3) is 8.91. The molecule has 77 heavy (non-hydrogen) atoms. The first-order chi connectivity index (χ1) is 37.9. The summed E-state index contributed by atoms with van der Waals surface area (Å²) >= 11 is 3.61. The lowest BCUT2D eigenvalue weighted by Crippen LogP contribution is -2.53. The zero-order valence-corrected chi connectivity index (χ0v) is 47.3. The Bertz CT molecular complexity index is 4280. The molecule has 6 bridgehead atoms. The van der Waals surface area contributed by atoms with Crippen LogP contribution in [0, 0.1) is 0 Å². The minimum atomic E-state index is -3.24. The van der Waals surface area contributed by atoms with Crippen LogP contribution < -0.4 is 16.7 Å². The second-order valence-corrected chi connectivity index (χ2v) is 30.6. The summed E-state index contributed by atoms with van der Waals surface area (Å²) < 4.78 is 12.8. The van der Waals surface area contributed by atoms with E-state index in [0.29, 0.717) is 41.2 Å². The highest BCUT2D eigenvalue weighted by molar-refractivity contribution is 8.00. The standard InChI is InChI=1S/C56H32N8S4.C5H14NOSi.Al/c1-5-17-33(18-6-1)65-41-29-13-25-37-45(41)53-57-49(37)62-54-47-39(27-15-31-43(47)67-35-21-9-3-10-22-35)51(59-54)64-56-48-40(28-16-32-44(48)68-36-23-11-4-12-24-36)52(60-56)63-55-46-38(50(58-55)61-53)26-14-30-42(46)66-34-19-7-2-8-20-34;1-8(2,7)5-3-4-6;/h1-32H;3-6H2,1-2H3;/q-2;-1;+3. The Labute approximate surface area is 468 Å². The number of hydrogen-bond donors (Lipinski definition) is 1. The van der Waals surface area contributed by atoms with Crippen molar-refractivity contribution in [3.63, 3.8) is 0 Å². The van der Waals surface area contributed by atoms with Crippen molar-refractivity contribution in [3.8, 4) is 0 Å². The molecule has 372 valence electrons. The lowest BCUT2D eigenvalue weighted by Gasteiger charge is -2.29. The van der Waals surface area contributed by atoms with Gasteiger partial charge in [-0.2, -0.15) is 0 Å². The Kier molecular flexibility index (Phi) is 12.7. The number of aromatic nitrogens is 2. The Morgan fingerprint density at radius 2 is 0.870 bits per heavy atom. The van der Waals surface area contributed by atoms with E-state index in [9.17, 15) is 0 Å². The second kappa shape index (κ2) is 20.2. The van der Waals surface area contributed by atoms with E-state index in [1.807, 2.05) is 0 Å². The van der Waals surface area contributed by atoms with E-state index < -0.39 is 23.2 Å². The lowest BCUT2D eigenvalue weighted by molar-refractivity contribution is 0.522. The van der Waals surface area contributed by atoms with Crippen molar-refractivity contribution >= 4 is 127 Å². The Hall–Kier alpha value is -6.81. The first kappa shape index (κ1) is 48.6. The van der Waals surface area contributed by atoms with Gasteiger partial charge in [-0.1, -0.05) is 168 Å². The third-order valence-corrected chi connectivity index (χ3v) is 25.0. The summed E-state index contributed by atoms with van der Waals surface area (Å²) in [7, 11) is -2.61. The highest BCUT2D eigenvalue weighted by Gasteiger charge is 2.46. The summed E-state index contributed by atoms with van der Waals surface area (Å²) in [5, 5.41) is 3.78. The van der Waals surface area contributed by atoms with Crippen LogP contribution in [0.25, 0.3) is 21.5 Å². The molecule has 6 heterocycles. The molecule has 2 aromatic heterocycles. The number of fused-ring (bicyclic) bond motifs is 14. The van der Waals surface area contributed by atoms with Gasteiger partial charge in [-0.05, 0) is 105 Å². The van der Waals surface area contributed by atoms with Gasteiger partial charge in [0.25, 0.3) is 0 Å². The van der Waals surface area contributed by atoms with Crippen LogP contribution in [0.4, 0.5) is 11.6 Å². The zero-order valence-electron chi connectivity index (χ0n) is 41.9. The molecule has 10 aromatic rings. The normalized spacial score (nSPS) is 14.0. The van der Waals surface area contributed by atoms with Crippen molar-refractivity contribution in [1.29, 1.82) is 0 Å². The minimum Gasteiger partial charge on any atom is -0.509 e. The third-order valence-electron chi connectivity index (χ3n) is 13.9. The fraction of sp³-hybridized carbons (Fsp3) is 0.0820. The molecule has 0 fully saturated rings. The Balaban J connectivity index is 1.17. The maximum Gasteiger partial charge on any atom is 0.798 e. The maximum atomic E-state index is 8.12. The first-order valence-corrected chi connectivity index (χ1v) is 33.4. The van der Waals surface area contributed by atoms with E-state index in [-0.39, 0.29) is 0 Å². The number of rotatable bonds is 13. The quantitative estimate of drug-likeness (QED) is 0.115. The van der Waals surface area contributed by atoms with Gasteiger partial charge < -0.3 is 16.3 Å². The summed E-state index contributed by atoms with van der Waals surface area (Å²) in [5.74, 6) is 3.76. The number of hydrogen-bond acceptors (Lipinski definition) is 12. The number of nitrogens with zero attached hydrogens (tertiary/aromatic N) is 8. The lowest BCUT2D eigenvalue weighted by atomic mass is 10.1. The van der Waals surface area contributed by atoms with Crippen LogP contribution in [-0.2, 0) is 3.48 Å². The van der Waals surface area contributed by atoms with Gasteiger partial charge in [-0.25, -0.2) is 30.0 Å². The molecule has 0 radical (unpaired) electrons. The van der Waals surface area contributed by atoms with E-state index in [2.05, 4.69) is 214 Å². The largest absolute Gasteiger partial charge is 0.798 e. The van der Waals surface area contributed by atoms with Gasteiger partial charge in [0.2, 0.25) is 0 Å². The van der Waals surface area contributed by atoms with Gasteiger partial charge in [0.15, 0.2) is 31.7 Å². The summed E-state index contributed by atoms with van der Waals surface area (Å²) in [6.45, 7) is 5.20. The van der Waals surface area contributed by atoms with Crippen LogP contribution in [0.1, 0.15) is 28.7 Å². The molecular weight excluding hydrogens is 1060 g/mol. The Morgan fingerprint density at radius 3 is 1.43 bits per heavy atom. The molecule has 8 aromatic carbocycles. The van der Waals surface area contributed by atoms with E-state index in [0.717, 1.165) is 107 Å². The molecule has 10 nitrogen and oxygen atoms in total. The number of aliphatic imine (C=N–C) groups is 4. The summed E-state index contributed by atoms with van der Waals surface area (Å²) in [6.07, 6.45) is 0.831. The van der Waals surface area contributed by atoms with E-state index in [1.165, 1.54) is 0 Å². The highest BCUT2D eigenvalue weighted by atomic mass is 32.2. The average molecular weight is 1100 g/mol. The number of nitrogens with two attached hydrogens (primary N) is 1. The smallest absolute Gasteiger partial charge is 0.509 e. The van der Waals surface area contributed by atoms with Crippen molar-refractivity contribution in [1.82, 2.24) is 7.10 Å². The van der Waals surface area contributed by atoms with Gasteiger partial charge >= 0.3 is 14.9 Å². The first-order valence-electron chi connectivity index (χ1n) is 25.5. The molecule has 4 aliphatic heterocycles. The van der Waals surface area contributed by atoms with Crippen LogP contribution >= 0.6 is 47.0 Å². The molecule has 14 rings (SSSR count). The van der Waals surface area contributed by atoms with Gasteiger partial charge in [-0.3, -0.25) is 0 Å². The number of amidine groups is 4. The fourth-order valence-corrected chi connectivity index (χ4v) is 20.9. The van der Waals surface area contributed by atoms with Gasteiger partial charge in [-0.15, -0.1) is 0 Å². The maximum absolute atomic E-state index is 8.12. The van der Waals surface area contributed by atoms with Gasteiger partial charge in [0.05, 0.1) is 0 Å². The minimum absolute atomic E-state index is 0.564. The predicted octanol–water partition coefficient (Wildman–Crippen LogP) is 14.1.